The second-order valence-electron chi connectivity index (χ2n) is 4.59. The van der Waals surface area contributed by atoms with Crippen LogP contribution in [0.4, 0.5) is 0 Å². The van der Waals surface area contributed by atoms with Gasteiger partial charge in [-0.05, 0) is 32.1 Å². The van der Waals surface area contributed by atoms with Crippen LogP contribution in [0.15, 0.2) is 12.2 Å². The Kier molecular flexibility index (Phi) is 6.81. The number of hydrogen-bond donors (Lipinski definition) is 3. The molecule has 0 aromatic rings. The fourth-order valence-corrected chi connectivity index (χ4v) is 1.63. The Morgan fingerprint density at radius 3 is 2.00 bits per heavy atom. The Morgan fingerprint density at radius 2 is 1.67 bits per heavy atom. The number of allylic oxidation sites excluding steroid dienone is 1. The van der Waals surface area contributed by atoms with Gasteiger partial charge in [0.1, 0.15) is 0 Å². The molecule has 3 nitrogen and oxygen atoms in total. The molecule has 0 saturated carbocycles. The zero-order chi connectivity index (χ0) is 11.9. The summed E-state index contributed by atoms with van der Waals surface area (Å²) in [5, 5.41) is 27.7. The monoisotopic (exact) mass is 216 g/mol. The van der Waals surface area contributed by atoms with Crippen molar-refractivity contribution >= 4 is 0 Å². The van der Waals surface area contributed by atoms with E-state index in [0.29, 0.717) is 0 Å². The van der Waals surface area contributed by atoms with E-state index in [0.717, 1.165) is 24.8 Å². The predicted octanol–water partition coefficient (Wildman–Crippen LogP) is 1.33. The minimum absolute atomic E-state index is 0.108. The Balaban J connectivity index is 4.14. The van der Waals surface area contributed by atoms with Crippen LogP contribution in [0.2, 0.25) is 0 Å². The van der Waals surface area contributed by atoms with E-state index in [1.54, 1.807) is 0 Å². The number of aliphatic hydroxyl groups excluding tert-OH is 3. The molecule has 1 unspecified atom stereocenters. The van der Waals surface area contributed by atoms with Crippen LogP contribution in [0.5, 0.6) is 0 Å². The van der Waals surface area contributed by atoms with E-state index in [2.05, 4.69) is 6.58 Å². The number of hydrogen-bond acceptors (Lipinski definition) is 3. The molecule has 0 saturated heterocycles. The zero-order valence-corrected chi connectivity index (χ0v) is 9.87. The highest BCUT2D eigenvalue weighted by molar-refractivity contribution is 4.89. The Bertz CT molecular complexity index is 177. The third-order valence-corrected chi connectivity index (χ3v) is 3.23. The maximum Gasteiger partial charge on any atom is 0.0534 e. The van der Waals surface area contributed by atoms with Gasteiger partial charge in [0.2, 0.25) is 0 Å². The summed E-state index contributed by atoms with van der Waals surface area (Å²) in [6.45, 7) is 7.26. The van der Waals surface area contributed by atoms with Gasteiger partial charge < -0.3 is 15.3 Å². The first-order valence-corrected chi connectivity index (χ1v) is 5.49. The zero-order valence-electron chi connectivity index (χ0n) is 9.87. The van der Waals surface area contributed by atoms with Gasteiger partial charge in [-0.1, -0.05) is 12.5 Å². The van der Waals surface area contributed by atoms with Crippen LogP contribution in [0.1, 0.15) is 33.1 Å². The van der Waals surface area contributed by atoms with Crippen molar-refractivity contribution in [3.63, 3.8) is 0 Å². The van der Waals surface area contributed by atoms with Gasteiger partial charge in [-0.2, -0.15) is 0 Å². The quantitative estimate of drug-likeness (QED) is 0.536. The van der Waals surface area contributed by atoms with E-state index in [9.17, 15) is 15.3 Å². The molecule has 0 aromatic carbocycles. The fourth-order valence-electron chi connectivity index (χ4n) is 1.63. The maximum atomic E-state index is 9.22. The summed E-state index contributed by atoms with van der Waals surface area (Å²) >= 11 is 0. The maximum absolute atomic E-state index is 9.22. The van der Waals surface area contributed by atoms with Gasteiger partial charge in [0.25, 0.3) is 0 Å². The first-order valence-electron chi connectivity index (χ1n) is 5.49. The summed E-state index contributed by atoms with van der Waals surface area (Å²) < 4.78 is 0. The van der Waals surface area contributed by atoms with Crippen LogP contribution in [0, 0.1) is 11.3 Å². The molecular formula is C12H24O3. The Morgan fingerprint density at radius 1 is 1.20 bits per heavy atom. The normalized spacial score (nSPS) is 13.9. The third kappa shape index (κ3) is 4.33. The van der Waals surface area contributed by atoms with E-state index in [4.69, 9.17) is 0 Å². The first-order chi connectivity index (χ1) is 7.02. The molecule has 1 atom stereocenters. The lowest BCUT2D eigenvalue weighted by atomic mass is 9.75. The van der Waals surface area contributed by atoms with E-state index < -0.39 is 5.41 Å². The molecule has 0 bridgehead atoms. The fraction of sp³-hybridized carbons (Fsp3) is 0.833. The largest absolute Gasteiger partial charge is 0.396 e. The molecule has 3 N–H and O–H groups in total. The topological polar surface area (TPSA) is 60.7 Å². The highest BCUT2D eigenvalue weighted by Gasteiger charge is 2.34. The van der Waals surface area contributed by atoms with Crippen molar-refractivity contribution in [1.29, 1.82) is 0 Å². The Hall–Kier alpha value is -0.380. The molecule has 0 aliphatic rings. The van der Waals surface area contributed by atoms with Gasteiger partial charge in [-0.15, -0.1) is 6.58 Å². The van der Waals surface area contributed by atoms with Crippen LogP contribution in [0.25, 0.3) is 0 Å². The molecule has 0 rings (SSSR count). The van der Waals surface area contributed by atoms with Crippen molar-refractivity contribution in [2.45, 2.75) is 33.1 Å². The summed E-state index contributed by atoms with van der Waals surface area (Å²) in [7, 11) is 0. The third-order valence-electron chi connectivity index (χ3n) is 3.23. The lowest BCUT2D eigenvalue weighted by Gasteiger charge is -2.34. The van der Waals surface area contributed by atoms with Gasteiger partial charge >= 0.3 is 0 Å². The Labute approximate surface area is 92.4 Å². The van der Waals surface area contributed by atoms with Gasteiger partial charge in [0.05, 0.1) is 19.8 Å². The number of rotatable bonds is 8. The summed E-state index contributed by atoms with van der Waals surface area (Å²) in [6, 6.07) is 0. The van der Waals surface area contributed by atoms with E-state index in [1.165, 1.54) is 0 Å². The van der Waals surface area contributed by atoms with E-state index >= 15 is 0 Å². The summed E-state index contributed by atoms with van der Waals surface area (Å²) in [4.78, 5) is 0. The highest BCUT2D eigenvalue weighted by Crippen LogP contribution is 2.30. The van der Waals surface area contributed by atoms with Gasteiger partial charge in [0, 0.05) is 5.41 Å². The smallest absolute Gasteiger partial charge is 0.0534 e. The summed E-state index contributed by atoms with van der Waals surface area (Å²) in [5.41, 5.74) is 0.402. The van der Waals surface area contributed by atoms with Crippen molar-refractivity contribution in [3.8, 4) is 0 Å². The second kappa shape index (κ2) is 6.99. The number of aliphatic hydroxyl groups is 3. The predicted molar refractivity (Wildman–Crippen MR) is 61.5 cm³/mol. The van der Waals surface area contributed by atoms with Crippen LogP contribution in [-0.4, -0.2) is 35.1 Å². The van der Waals surface area contributed by atoms with Crippen LogP contribution < -0.4 is 0 Å². The van der Waals surface area contributed by atoms with Gasteiger partial charge in [0.15, 0.2) is 0 Å². The summed E-state index contributed by atoms with van der Waals surface area (Å²) in [5.74, 6) is 0.108. The van der Waals surface area contributed by atoms with Crippen molar-refractivity contribution in [1.82, 2.24) is 0 Å². The van der Waals surface area contributed by atoms with Crippen molar-refractivity contribution in [2.75, 3.05) is 19.8 Å². The highest BCUT2D eigenvalue weighted by atomic mass is 16.3. The van der Waals surface area contributed by atoms with E-state index in [-0.39, 0.29) is 25.7 Å². The van der Waals surface area contributed by atoms with Crippen molar-refractivity contribution < 1.29 is 15.3 Å². The van der Waals surface area contributed by atoms with Crippen molar-refractivity contribution in [2.24, 2.45) is 11.3 Å². The van der Waals surface area contributed by atoms with Crippen molar-refractivity contribution in [3.05, 3.63) is 12.2 Å². The van der Waals surface area contributed by atoms with E-state index in [1.807, 2.05) is 13.8 Å². The van der Waals surface area contributed by atoms with Gasteiger partial charge in [-0.25, -0.2) is 0 Å². The molecule has 0 aliphatic heterocycles. The molecule has 0 aromatic heterocycles. The minimum atomic E-state index is -0.741. The minimum Gasteiger partial charge on any atom is -0.396 e. The van der Waals surface area contributed by atoms with Crippen LogP contribution in [0.3, 0.4) is 0 Å². The molecule has 0 spiro atoms. The SMILES string of the molecule is C=C(C)CCCC(C)C(CO)(CO)CO. The molecule has 0 amide bonds. The molecule has 0 heterocycles. The molecule has 0 radical (unpaired) electrons. The average molecular weight is 216 g/mol. The van der Waals surface area contributed by atoms with Gasteiger partial charge in [-0.3, -0.25) is 0 Å². The molecule has 0 fully saturated rings. The standard InChI is InChI=1S/C12H24O3/c1-10(2)5-4-6-11(3)12(7-13,8-14)9-15/h11,13-15H,1,4-9H2,2-3H3. The molecule has 90 valence electrons. The molecule has 15 heavy (non-hydrogen) atoms. The van der Waals surface area contributed by atoms with Crippen LogP contribution in [-0.2, 0) is 0 Å². The average Bonchev–Trinajstić information content (AvgIpc) is 2.21. The first kappa shape index (κ1) is 14.6. The molecular weight excluding hydrogens is 192 g/mol. The lowest BCUT2D eigenvalue weighted by molar-refractivity contribution is -0.0359. The summed E-state index contributed by atoms with van der Waals surface area (Å²) in [6.07, 6.45) is 2.83. The molecule has 3 heteroatoms. The second-order valence-corrected chi connectivity index (χ2v) is 4.59. The van der Waals surface area contributed by atoms with Crippen LogP contribution >= 0.6 is 0 Å². The molecule has 0 aliphatic carbocycles. The lowest BCUT2D eigenvalue weighted by Crippen LogP contribution is -2.40.